The van der Waals surface area contributed by atoms with Crippen LogP contribution >= 0.6 is 0 Å². The fourth-order valence-corrected chi connectivity index (χ4v) is 1.78. The molecule has 0 aliphatic carbocycles. The Bertz CT molecular complexity index is 490. The van der Waals surface area contributed by atoms with Crippen LogP contribution in [0.15, 0.2) is 18.2 Å². The zero-order valence-electron chi connectivity index (χ0n) is 11.5. The Hall–Kier alpha value is -2.11. The van der Waals surface area contributed by atoms with Gasteiger partial charge in [-0.2, -0.15) is 0 Å². The third-order valence-corrected chi connectivity index (χ3v) is 2.76. The summed E-state index contributed by atoms with van der Waals surface area (Å²) in [4.78, 5) is 22.2. The number of carboxylic acids is 1. The molecular formula is C14H18FNO4. The van der Waals surface area contributed by atoms with Crippen LogP contribution in [-0.4, -0.2) is 30.6 Å². The highest BCUT2D eigenvalue weighted by Crippen LogP contribution is 2.19. The SMILES string of the molecule is COc1ccc(F)cc1CC(=O)NCC(C)CC(=O)O. The van der Waals surface area contributed by atoms with E-state index in [2.05, 4.69) is 5.32 Å². The van der Waals surface area contributed by atoms with Gasteiger partial charge in [0.05, 0.1) is 13.5 Å². The highest BCUT2D eigenvalue weighted by Gasteiger charge is 2.12. The second kappa shape index (κ2) is 7.47. The molecular weight excluding hydrogens is 265 g/mol. The van der Waals surface area contributed by atoms with Gasteiger partial charge in [-0.05, 0) is 24.1 Å². The third kappa shape index (κ3) is 5.26. The number of benzene rings is 1. The molecule has 6 heteroatoms. The van der Waals surface area contributed by atoms with Crippen LogP contribution in [0.4, 0.5) is 4.39 Å². The number of carbonyl (C=O) groups excluding carboxylic acids is 1. The van der Waals surface area contributed by atoms with Crippen LogP contribution in [-0.2, 0) is 16.0 Å². The van der Waals surface area contributed by atoms with Crippen LogP contribution in [0.3, 0.4) is 0 Å². The van der Waals surface area contributed by atoms with Gasteiger partial charge in [-0.15, -0.1) is 0 Å². The first-order chi connectivity index (χ1) is 9.42. The first-order valence-corrected chi connectivity index (χ1v) is 6.23. The fourth-order valence-electron chi connectivity index (χ4n) is 1.78. The molecule has 1 aromatic rings. The number of halogens is 1. The number of hydrogen-bond donors (Lipinski definition) is 2. The molecule has 0 saturated carbocycles. The molecule has 1 amide bonds. The van der Waals surface area contributed by atoms with Gasteiger partial charge >= 0.3 is 5.97 Å². The van der Waals surface area contributed by atoms with E-state index in [1.165, 1.54) is 25.3 Å². The summed E-state index contributed by atoms with van der Waals surface area (Å²) in [6.45, 7) is 2.00. The van der Waals surface area contributed by atoms with Crippen molar-refractivity contribution in [1.82, 2.24) is 5.32 Å². The topological polar surface area (TPSA) is 75.6 Å². The predicted molar refractivity (Wildman–Crippen MR) is 71.1 cm³/mol. The first-order valence-electron chi connectivity index (χ1n) is 6.23. The number of aliphatic carboxylic acids is 1. The van der Waals surface area contributed by atoms with Crippen LogP contribution in [0.2, 0.25) is 0 Å². The molecule has 0 aliphatic heterocycles. The van der Waals surface area contributed by atoms with E-state index in [1.807, 2.05) is 0 Å². The van der Waals surface area contributed by atoms with Crippen molar-refractivity contribution in [2.75, 3.05) is 13.7 Å². The standard InChI is InChI=1S/C14H18FNO4/c1-9(5-14(18)19)8-16-13(17)7-10-6-11(15)3-4-12(10)20-2/h3-4,6,9H,5,7-8H2,1-2H3,(H,16,17)(H,18,19). The Morgan fingerprint density at radius 1 is 1.45 bits per heavy atom. The van der Waals surface area contributed by atoms with Crippen LogP contribution in [0.25, 0.3) is 0 Å². The number of ether oxygens (including phenoxy) is 1. The average molecular weight is 283 g/mol. The zero-order chi connectivity index (χ0) is 15.1. The van der Waals surface area contributed by atoms with Crippen LogP contribution in [0, 0.1) is 11.7 Å². The smallest absolute Gasteiger partial charge is 0.303 e. The van der Waals surface area contributed by atoms with E-state index in [0.717, 1.165) is 0 Å². The largest absolute Gasteiger partial charge is 0.496 e. The molecule has 1 atom stereocenters. The molecule has 20 heavy (non-hydrogen) atoms. The molecule has 110 valence electrons. The van der Waals surface area contributed by atoms with Gasteiger partial charge < -0.3 is 15.2 Å². The number of rotatable bonds is 7. The minimum Gasteiger partial charge on any atom is -0.496 e. The Morgan fingerprint density at radius 3 is 2.75 bits per heavy atom. The number of hydrogen-bond acceptors (Lipinski definition) is 3. The molecule has 0 aliphatic rings. The van der Waals surface area contributed by atoms with Crippen molar-refractivity contribution in [3.63, 3.8) is 0 Å². The molecule has 0 saturated heterocycles. The molecule has 1 unspecified atom stereocenters. The van der Waals surface area contributed by atoms with Crippen LogP contribution in [0.5, 0.6) is 5.75 Å². The maximum Gasteiger partial charge on any atom is 0.303 e. The summed E-state index contributed by atoms with van der Waals surface area (Å²) in [6, 6.07) is 3.97. The molecule has 0 heterocycles. The lowest BCUT2D eigenvalue weighted by Gasteiger charge is -2.12. The van der Waals surface area contributed by atoms with Crippen LogP contribution in [0.1, 0.15) is 18.9 Å². The van der Waals surface area contributed by atoms with Gasteiger partial charge in [0.15, 0.2) is 0 Å². The molecule has 5 nitrogen and oxygen atoms in total. The summed E-state index contributed by atoms with van der Waals surface area (Å²) in [5.41, 5.74) is 0.455. The summed E-state index contributed by atoms with van der Waals surface area (Å²) in [5, 5.41) is 11.2. The van der Waals surface area contributed by atoms with Gasteiger partial charge in [-0.1, -0.05) is 6.92 Å². The van der Waals surface area contributed by atoms with Crippen molar-refractivity contribution in [2.45, 2.75) is 19.8 Å². The highest BCUT2D eigenvalue weighted by molar-refractivity contribution is 5.79. The van der Waals surface area contributed by atoms with Gasteiger partial charge in [0, 0.05) is 18.5 Å². The number of carboxylic acid groups (broad SMARTS) is 1. The van der Waals surface area contributed by atoms with Crippen molar-refractivity contribution >= 4 is 11.9 Å². The van der Waals surface area contributed by atoms with Crippen molar-refractivity contribution in [2.24, 2.45) is 5.92 Å². The quantitative estimate of drug-likeness (QED) is 0.797. The summed E-state index contributed by atoms with van der Waals surface area (Å²) < 4.78 is 18.2. The molecule has 1 rings (SSSR count). The van der Waals surface area contributed by atoms with Gasteiger partial charge in [-0.25, -0.2) is 4.39 Å². The van der Waals surface area contributed by atoms with E-state index < -0.39 is 11.8 Å². The minimum absolute atomic E-state index is 0.0104. The van der Waals surface area contributed by atoms with E-state index in [-0.39, 0.29) is 31.2 Å². The van der Waals surface area contributed by atoms with Gasteiger partial charge in [0.25, 0.3) is 0 Å². The van der Waals surface area contributed by atoms with Gasteiger partial charge in [0.2, 0.25) is 5.91 Å². The second-order valence-electron chi connectivity index (χ2n) is 4.64. The lowest BCUT2D eigenvalue weighted by Crippen LogP contribution is -2.30. The minimum atomic E-state index is -0.904. The number of amides is 1. The van der Waals surface area contributed by atoms with Crippen LogP contribution < -0.4 is 10.1 Å². The Kier molecular flexibility index (Phi) is 5.96. The average Bonchev–Trinajstić information content (AvgIpc) is 2.36. The Morgan fingerprint density at radius 2 is 2.15 bits per heavy atom. The second-order valence-corrected chi connectivity index (χ2v) is 4.64. The summed E-state index contributed by atoms with van der Waals surface area (Å²) in [5.74, 6) is -1.36. The van der Waals surface area contributed by atoms with Crippen molar-refractivity contribution in [1.29, 1.82) is 0 Å². The lowest BCUT2D eigenvalue weighted by atomic mass is 10.1. The lowest BCUT2D eigenvalue weighted by molar-refractivity contribution is -0.138. The fraction of sp³-hybridized carbons (Fsp3) is 0.429. The molecule has 0 radical (unpaired) electrons. The number of carbonyl (C=O) groups is 2. The molecule has 0 fully saturated rings. The van der Waals surface area contributed by atoms with Gasteiger partial charge in [-0.3, -0.25) is 9.59 Å². The molecule has 2 N–H and O–H groups in total. The summed E-state index contributed by atoms with van der Waals surface area (Å²) in [6.07, 6.45) is -0.0235. The third-order valence-electron chi connectivity index (χ3n) is 2.76. The number of nitrogens with one attached hydrogen (secondary N) is 1. The summed E-state index contributed by atoms with van der Waals surface area (Å²) >= 11 is 0. The maximum atomic E-state index is 13.1. The van der Waals surface area contributed by atoms with E-state index in [4.69, 9.17) is 9.84 Å². The predicted octanol–water partition coefficient (Wildman–Crippen LogP) is 1.60. The maximum absolute atomic E-state index is 13.1. The Labute approximate surface area is 116 Å². The normalized spacial score (nSPS) is 11.8. The molecule has 0 aromatic heterocycles. The zero-order valence-corrected chi connectivity index (χ0v) is 11.5. The van der Waals surface area contributed by atoms with Crippen molar-refractivity contribution < 1.29 is 23.8 Å². The van der Waals surface area contributed by atoms with E-state index in [0.29, 0.717) is 11.3 Å². The highest BCUT2D eigenvalue weighted by atomic mass is 19.1. The Balaban J connectivity index is 2.54. The van der Waals surface area contributed by atoms with Gasteiger partial charge in [0.1, 0.15) is 11.6 Å². The number of methoxy groups -OCH3 is 1. The van der Waals surface area contributed by atoms with E-state index in [9.17, 15) is 14.0 Å². The van der Waals surface area contributed by atoms with E-state index in [1.54, 1.807) is 6.92 Å². The molecule has 0 spiro atoms. The van der Waals surface area contributed by atoms with E-state index >= 15 is 0 Å². The molecule has 1 aromatic carbocycles. The van der Waals surface area contributed by atoms with Crippen molar-refractivity contribution in [3.8, 4) is 5.75 Å². The van der Waals surface area contributed by atoms with Crippen molar-refractivity contribution in [3.05, 3.63) is 29.6 Å². The monoisotopic (exact) mass is 283 g/mol. The summed E-state index contributed by atoms with van der Waals surface area (Å²) in [7, 11) is 1.45. The first kappa shape index (κ1) is 15.9. The molecule has 0 bridgehead atoms.